The van der Waals surface area contributed by atoms with Crippen molar-refractivity contribution >= 4 is 22.8 Å². The van der Waals surface area contributed by atoms with Gasteiger partial charge in [0.1, 0.15) is 5.82 Å². The fourth-order valence-corrected chi connectivity index (χ4v) is 2.88. The summed E-state index contributed by atoms with van der Waals surface area (Å²) in [5.41, 5.74) is 1.94. The standard InChI is InChI=1S/C17H22N4O2/c22-16(12-21-11-5-1-2-8-17(21)23)18-10-9-15-19-13-6-3-4-7-14(13)20-15/h3-4,6-7H,1-2,5,8-12H2,(H,18,22)(H,19,20). The Bertz CT molecular complexity index is 662. The third-order valence-electron chi connectivity index (χ3n) is 4.13. The van der Waals surface area contributed by atoms with Crippen LogP contribution in [0.3, 0.4) is 0 Å². The van der Waals surface area contributed by atoms with Gasteiger partial charge < -0.3 is 15.2 Å². The molecule has 1 aromatic carbocycles. The van der Waals surface area contributed by atoms with E-state index in [1.807, 2.05) is 24.3 Å². The molecule has 1 fully saturated rings. The molecule has 1 aliphatic heterocycles. The molecule has 2 N–H and O–H groups in total. The van der Waals surface area contributed by atoms with Gasteiger partial charge >= 0.3 is 0 Å². The number of nitrogens with zero attached hydrogens (tertiary/aromatic N) is 2. The van der Waals surface area contributed by atoms with Gasteiger partial charge in [0.05, 0.1) is 17.6 Å². The molecule has 0 radical (unpaired) electrons. The summed E-state index contributed by atoms with van der Waals surface area (Å²) < 4.78 is 0. The van der Waals surface area contributed by atoms with Crippen LogP contribution in [0.2, 0.25) is 0 Å². The lowest BCUT2D eigenvalue weighted by molar-refractivity contribution is -0.135. The first-order chi connectivity index (χ1) is 11.2. The van der Waals surface area contributed by atoms with E-state index in [4.69, 9.17) is 0 Å². The lowest BCUT2D eigenvalue weighted by Gasteiger charge is -2.19. The molecule has 0 saturated carbocycles. The van der Waals surface area contributed by atoms with E-state index in [0.29, 0.717) is 25.9 Å². The Balaban J connectivity index is 1.46. The second-order valence-electron chi connectivity index (χ2n) is 5.93. The summed E-state index contributed by atoms with van der Waals surface area (Å²) in [6, 6.07) is 7.85. The van der Waals surface area contributed by atoms with Crippen molar-refractivity contribution in [2.24, 2.45) is 0 Å². The van der Waals surface area contributed by atoms with Crippen molar-refractivity contribution < 1.29 is 9.59 Å². The van der Waals surface area contributed by atoms with Crippen LogP contribution in [0.5, 0.6) is 0 Å². The van der Waals surface area contributed by atoms with E-state index in [0.717, 1.165) is 36.1 Å². The van der Waals surface area contributed by atoms with Crippen molar-refractivity contribution in [2.45, 2.75) is 32.1 Å². The van der Waals surface area contributed by atoms with Crippen LogP contribution in [-0.2, 0) is 16.0 Å². The van der Waals surface area contributed by atoms with Crippen LogP contribution in [0.1, 0.15) is 31.5 Å². The maximum absolute atomic E-state index is 12.0. The van der Waals surface area contributed by atoms with Gasteiger partial charge in [0.2, 0.25) is 11.8 Å². The first kappa shape index (κ1) is 15.5. The van der Waals surface area contributed by atoms with Gasteiger partial charge in [0, 0.05) is 25.9 Å². The number of H-pyrrole nitrogens is 1. The highest BCUT2D eigenvalue weighted by Gasteiger charge is 2.18. The molecule has 1 aromatic heterocycles. The van der Waals surface area contributed by atoms with E-state index < -0.39 is 0 Å². The second kappa shape index (κ2) is 7.26. The van der Waals surface area contributed by atoms with Crippen LogP contribution in [0, 0.1) is 0 Å². The van der Waals surface area contributed by atoms with E-state index in [2.05, 4.69) is 15.3 Å². The molecule has 3 rings (SSSR count). The molecular weight excluding hydrogens is 292 g/mol. The van der Waals surface area contributed by atoms with Crippen molar-refractivity contribution in [1.29, 1.82) is 0 Å². The van der Waals surface area contributed by atoms with Gasteiger partial charge in [0.15, 0.2) is 0 Å². The Kier molecular flexibility index (Phi) is 4.90. The highest BCUT2D eigenvalue weighted by Crippen LogP contribution is 2.11. The molecule has 1 aliphatic rings. The molecule has 0 unspecified atom stereocenters. The number of carbonyl (C=O) groups excluding carboxylic acids is 2. The Labute approximate surface area is 135 Å². The highest BCUT2D eigenvalue weighted by molar-refractivity contribution is 5.84. The summed E-state index contributed by atoms with van der Waals surface area (Å²) in [6.07, 6.45) is 4.19. The van der Waals surface area contributed by atoms with Crippen LogP contribution in [0.4, 0.5) is 0 Å². The number of fused-ring (bicyclic) bond motifs is 1. The Morgan fingerprint density at radius 1 is 1.26 bits per heavy atom. The van der Waals surface area contributed by atoms with Crippen LogP contribution in [0.15, 0.2) is 24.3 Å². The zero-order chi connectivity index (χ0) is 16.1. The normalized spacial score (nSPS) is 15.7. The zero-order valence-corrected chi connectivity index (χ0v) is 13.2. The van der Waals surface area contributed by atoms with E-state index in [1.54, 1.807) is 4.90 Å². The first-order valence-electron chi connectivity index (χ1n) is 8.20. The molecule has 2 amide bonds. The average Bonchev–Trinajstić information content (AvgIpc) is 2.85. The molecule has 0 atom stereocenters. The average molecular weight is 314 g/mol. The van der Waals surface area contributed by atoms with Gasteiger partial charge in [-0.25, -0.2) is 4.98 Å². The molecule has 6 heteroatoms. The summed E-state index contributed by atoms with van der Waals surface area (Å²) >= 11 is 0. The van der Waals surface area contributed by atoms with Gasteiger partial charge in [0.25, 0.3) is 0 Å². The molecule has 1 saturated heterocycles. The number of hydrogen-bond donors (Lipinski definition) is 2. The SMILES string of the molecule is O=C(CN1CCCCCC1=O)NCCc1nc2ccccc2[nH]1. The predicted molar refractivity (Wildman–Crippen MR) is 87.9 cm³/mol. The first-order valence-corrected chi connectivity index (χ1v) is 8.20. The lowest BCUT2D eigenvalue weighted by atomic mass is 10.2. The number of hydrogen-bond acceptors (Lipinski definition) is 3. The predicted octanol–water partition coefficient (Wildman–Crippen LogP) is 1.62. The Morgan fingerprint density at radius 2 is 2.13 bits per heavy atom. The topological polar surface area (TPSA) is 78.1 Å². The van der Waals surface area contributed by atoms with Gasteiger partial charge in [-0.05, 0) is 25.0 Å². The third-order valence-corrected chi connectivity index (χ3v) is 4.13. The molecule has 0 spiro atoms. The van der Waals surface area contributed by atoms with E-state index in [1.165, 1.54) is 0 Å². The number of aromatic amines is 1. The van der Waals surface area contributed by atoms with Crippen LogP contribution in [0.25, 0.3) is 11.0 Å². The number of amides is 2. The van der Waals surface area contributed by atoms with Crippen molar-refractivity contribution in [3.05, 3.63) is 30.1 Å². The summed E-state index contributed by atoms with van der Waals surface area (Å²) in [5, 5.41) is 2.87. The number of nitrogens with one attached hydrogen (secondary N) is 2. The quantitative estimate of drug-likeness (QED) is 0.880. The number of imidazole rings is 1. The van der Waals surface area contributed by atoms with Crippen LogP contribution in [-0.4, -0.2) is 46.3 Å². The second-order valence-corrected chi connectivity index (χ2v) is 5.93. The molecule has 0 aliphatic carbocycles. The molecule has 122 valence electrons. The minimum absolute atomic E-state index is 0.0925. The number of rotatable bonds is 5. The lowest BCUT2D eigenvalue weighted by Crippen LogP contribution is -2.41. The maximum Gasteiger partial charge on any atom is 0.239 e. The summed E-state index contributed by atoms with van der Waals surface area (Å²) in [6.45, 7) is 1.37. The van der Waals surface area contributed by atoms with E-state index in [-0.39, 0.29) is 18.4 Å². The molecule has 2 aromatic rings. The van der Waals surface area contributed by atoms with Crippen LogP contribution < -0.4 is 5.32 Å². The number of benzene rings is 1. The van der Waals surface area contributed by atoms with Gasteiger partial charge in [-0.1, -0.05) is 18.6 Å². The molecule has 23 heavy (non-hydrogen) atoms. The fourth-order valence-electron chi connectivity index (χ4n) is 2.88. The number of likely N-dealkylation sites (tertiary alicyclic amines) is 1. The highest BCUT2D eigenvalue weighted by atomic mass is 16.2. The van der Waals surface area contributed by atoms with Crippen LogP contribution >= 0.6 is 0 Å². The van der Waals surface area contributed by atoms with Crippen molar-refractivity contribution in [3.8, 4) is 0 Å². The van der Waals surface area contributed by atoms with Crippen molar-refractivity contribution in [1.82, 2.24) is 20.2 Å². The smallest absolute Gasteiger partial charge is 0.239 e. The van der Waals surface area contributed by atoms with Gasteiger partial charge in [-0.2, -0.15) is 0 Å². The minimum atomic E-state index is -0.101. The molecule has 2 heterocycles. The zero-order valence-electron chi connectivity index (χ0n) is 13.2. The molecule has 6 nitrogen and oxygen atoms in total. The summed E-state index contributed by atoms with van der Waals surface area (Å²) in [7, 11) is 0. The van der Waals surface area contributed by atoms with E-state index >= 15 is 0 Å². The largest absolute Gasteiger partial charge is 0.354 e. The maximum atomic E-state index is 12.0. The van der Waals surface area contributed by atoms with Crippen molar-refractivity contribution in [2.75, 3.05) is 19.6 Å². The Morgan fingerprint density at radius 3 is 3.00 bits per heavy atom. The minimum Gasteiger partial charge on any atom is -0.354 e. The number of para-hydroxylation sites is 2. The number of aromatic nitrogens is 2. The van der Waals surface area contributed by atoms with Gasteiger partial charge in [-0.3, -0.25) is 9.59 Å². The summed E-state index contributed by atoms with van der Waals surface area (Å²) in [5.74, 6) is 0.851. The fraction of sp³-hybridized carbons (Fsp3) is 0.471. The molecular formula is C17H22N4O2. The monoisotopic (exact) mass is 314 g/mol. The summed E-state index contributed by atoms with van der Waals surface area (Å²) in [4.78, 5) is 33.3. The van der Waals surface area contributed by atoms with Crippen molar-refractivity contribution in [3.63, 3.8) is 0 Å². The third kappa shape index (κ3) is 4.09. The number of carbonyl (C=O) groups is 2. The Hall–Kier alpha value is -2.37. The molecule has 0 bridgehead atoms. The van der Waals surface area contributed by atoms with Gasteiger partial charge in [-0.15, -0.1) is 0 Å². The van der Waals surface area contributed by atoms with E-state index in [9.17, 15) is 9.59 Å².